The highest BCUT2D eigenvalue weighted by Crippen LogP contribution is 2.06. The maximum atomic E-state index is 12.0. The van der Waals surface area contributed by atoms with Crippen LogP contribution in [0.25, 0.3) is 0 Å². The molecule has 0 aliphatic heterocycles. The van der Waals surface area contributed by atoms with Crippen LogP contribution in [0.2, 0.25) is 0 Å². The molecule has 0 aromatic heterocycles. The minimum atomic E-state index is -3.15. The maximum Gasteiger partial charge on any atom is 0.214 e. The van der Waals surface area contributed by atoms with Crippen LogP contribution in [-0.4, -0.2) is 38.1 Å². The van der Waals surface area contributed by atoms with Crippen LogP contribution in [0.4, 0.5) is 0 Å². The monoisotopic (exact) mass is 306 g/mol. The Bertz CT molecular complexity index is 437. The van der Waals surface area contributed by atoms with E-state index in [0.717, 1.165) is 12.0 Å². The lowest BCUT2D eigenvalue weighted by molar-refractivity contribution is 0.421. The molecule has 1 rings (SSSR count). The molecule has 0 saturated heterocycles. The molecule has 0 radical (unpaired) electrons. The van der Waals surface area contributed by atoms with E-state index in [1.807, 2.05) is 37.3 Å². The summed E-state index contributed by atoms with van der Waals surface area (Å²) in [4.78, 5) is 0. The van der Waals surface area contributed by atoms with Gasteiger partial charge in [-0.2, -0.15) is 0 Å². The van der Waals surface area contributed by atoms with Gasteiger partial charge in [0, 0.05) is 19.6 Å². The molecule has 6 heteroatoms. The zero-order valence-corrected chi connectivity index (χ0v) is 12.9. The van der Waals surface area contributed by atoms with Gasteiger partial charge in [-0.05, 0) is 18.4 Å². The van der Waals surface area contributed by atoms with E-state index in [0.29, 0.717) is 26.1 Å². The summed E-state index contributed by atoms with van der Waals surface area (Å²) in [5.74, 6) is 0.196. The lowest BCUT2D eigenvalue weighted by Gasteiger charge is -2.21. The normalized spacial score (nSPS) is 11.3. The van der Waals surface area contributed by atoms with Crippen molar-refractivity contribution in [2.75, 3.05) is 25.4 Å². The Labute approximate surface area is 122 Å². The van der Waals surface area contributed by atoms with Gasteiger partial charge in [0.25, 0.3) is 0 Å². The quantitative estimate of drug-likeness (QED) is 0.794. The number of hydrogen-bond acceptors (Lipinski definition) is 3. The number of sulfonamides is 1. The molecule has 0 heterocycles. The number of nitrogens with zero attached hydrogens (tertiary/aromatic N) is 1. The summed E-state index contributed by atoms with van der Waals surface area (Å²) >= 11 is 0. The average molecular weight is 307 g/mol. The highest BCUT2D eigenvalue weighted by atomic mass is 35.5. The van der Waals surface area contributed by atoms with Crippen LogP contribution >= 0.6 is 12.4 Å². The number of halogens is 1. The second-order valence-electron chi connectivity index (χ2n) is 4.24. The standard InChI is InChI=1S/C13H22N2O2S.ClH/c1-2-12-18(16,17)15(11-9-14)10-8-13-6-4-3-5-7-13;/h3-7H,2,8-12,14H2,1H3;1H. The summed E-state index contributed by atoms with van der Waals surface area (Å²) in [5, 5.41) is 0. The molecule has 0 amide bonds. The second kappa shape index (κ2) is 9.31. The molecule has 0 bridgehead atoms. The lowest BCUT2D eigenvalue weighted by atomic mass is 10.1. The maximum absolute atomic E-state index is 12.0. The second-order valence-corrected chi connectivity index (χ2v) is 6.33. The average Bonchev–Trinajstić information content (AvgIpc) is 2.35. The summed E-state index contributed by atoms with van der Waals surface area (Å²) in [7, 11) is -3.15. The summed E-state index contributed by atoms with van der Waals surface area (Å²) in [6, 6.07) is 9.89. The zero-order chi connectivity index (χ0) is 13.4. The van der Waals surface area contributed by atoms with E-state index in [1.54, 1.807) is 0 Å². The third-order valence-corrected chi connectivity index (χ3v) is 4.80. The minimum absolute atomic E-state index is 0. The first-order chi connectivity index (χ1) is 8.60. The number of rotatable bonds is 8. The molecular weight excluding hydrogens is 284 g/mol. The molecule has 110 valence electrons. The van der Waals surface area contributed by atoms with Crippen molar-refractivity contribution in [2.45, 2.75) is 19.8 Å². The van der Waals surface area contributed by atoms with E-state index in [1.165, 1.54) is 4.31 Å². The van der Waals surface area contributed by atoms with Crippen LogP contribution in [0.3, 0.4) is 0 Å². The Hall–Kier alpha value is -0.620. The van der Waals surface area contributed by atoms with E-state index >= 15 is 0 Å². The molecule has 19 heavy (non-hydrogen) atoms. The summed E-state index contributed by atoms with van der Waals surface area (Å²) < 4.78 is 25.5. The van der Waals surface area contributed by atoms with Gasteiger partial charge >= 0.3 is 0 Å². The molecule has 4 nitrogen and oxygen atoms in total. The summed E-state index contributed by atoms with van der Waals surface area (Å²) in [6.07, 6.45) is 1.36. The fourth-order valence-electron chi connectivity index (χ4n) is 1.82. The van der Waals surface area contributed by atoms with Gasteiger partial charge in [-0.1, -0.05) is 37.3 Å². The first-order valence-corrected chi connectivity index (χ1v) is 7.93. The van der Waals surface area contributed by atoms with Crippen LogP contribution in [0.15, 0.2) is 30.3 Å². The van der Waals surface area contributed by atoms with Crippen LogP contribution in [0.5, 0.6) is 0 Å². The Kier molecular flexibility index (Phi) is 9.01. The smallest absolute Gasteiger partial charge is 0.214 e. The molecular formula is C13H23ClN2O2S. The van der Waals surface area contributed by atoms with Gasteiger partial charge in [-0.15, -0.1) is 12.4 Å². The Morgan fingerprint density at radius 3 is 2.32 bits per heavy atom. The first kappa shape index (κ1) is 18.4. The molecule has 0 aliphatic rings. The van der Waals surface area contributed by atoms with Gasteiger partial charge in [0.1, 0.15) is 0 Å². The molecule has 2 N–H and O–H groups in total. The Balaban J connectivity index is 0.00000324. The predicted octanol–water partition coefficient (Wildman–Crippen LogP) is 1.65. The topological polar surface area (TPSA) is 63.4 Å². The van der Waals surface area contributed by atoms with Gasteiger partial charge in [-0.25, -0.2) is 12.7 Å². The third-order valence-electron chi connectivity index (χ3n) is 2.73. The number of benzene rings is 1. The van der Waals surface area contributed by atoms with Crippen LogP contribution in [-0.2, 0) is 16.4 Å². The van der Waals surface area contributed by atoms with Crippen LogP contribution < -0.4 is 5.73 Å². The lowest BCUT2D eigenvalue weighted by Crippen LogP contribution is -2.38. The summed E-state index contributed by atoms with van der Waals surface area (Å²) in [5.41, 5.74) is 6.63. The Morgan fingerprint density at radius 1 is 1.16 bits per heavy atom. The van der Waals surface area contributed by atoms with Gasteiger partial charge in [0.05, 0.1) is 5.75 Å². The van der Waals surface area contributed by atoms with Crippen LogP contribution in [0.1, 0.15) is 18.9 Å². The molecule has 0 unspecified atom stereocenters. The van der Waals surface area contributed by atoms with Gasteiger partial charge < -0.3 is 5.73 Å². The Morgan fingerprint density at radius 2 is 1.79 bits per heavy atom. The van der Waals surface area contributed by atoms with E-state index in [4.69, 9.17) is 5.73 Å². The van der Waals surface area contributed by atoms with Crippen molar-refractivity contribution in [3.05, 3.63) is 35.9 Å². The van der Waals surface area contributed by atoms with Crippen LogP contribution in [0, 0.1) is 0 Å². The van der Waals surface area contributed by atoms with Crippen molar-refractivity contribution in [2.24, 2.45) is 5.73 Å². The molecule has 0 spiro atoms. The molecule has 0 fully saturated rings. The van der Waals surface area contributed by atoms with Gasteiger partial charge in [-0.3, -0.25) is 0 Å². The van der Waals surface area contributed by atoms with Crippen molar-refractivity contribution < 1.29 is 8.42 Å². The summed E-state index contributed by atoms with van der Waals surface area (Å²) in [6.45, 7) is 3.13. The first-order valence-electron chi connectivity index (χ1n) is 6.32. The molecule has 0 atom stereocenters. The van der Waals surface area contributed by atoms with Gasteiger partial charge in [0.15, 0.2) is 0 Å². The molecule has 0 saturated carbocycles. The highest BCUT2D eigenvalue weighted by Gasteiger charge is 2.19. The van der Waals surface area contributed by atoms with Crippen molar-refractivity contribution in [1.82, 2.24) is 4.31 Å². The third kappa shape index (κ3) is 6.38. The minimum Gasteiger partial charge on any atom is -0.329 e. The SMILES string of the molecule is CCCS(=O)(=O)N(CCN)CCc1ccccc1.Cl. The number of hydrogen-bond donors (Lipinski definition) is 1. The van der Waals surface area contributed by atoms with E-state index in [-0.39, 0.29) is 18.2 Å². The highest BCUT2D eigenvalue weighted by molar-refractivity contribution is 7.89. The van der Waals surface area contributed by atoms with Crippen molar-refractivity contribution in [3.63, 3.8) is 0 Å². The predicted molar refractivity (Wildman–Crippen MR) is 82.1 cm³/mol. The number of nitrogens with two attached hydrogens (primary N) is 1. The van der Waals surface area contributed by atoms with Crippen molar-refractivity contribution in [3.8, 4) is 0 Å². The van der Waals surface area contributed by atoms with E-state index in [9.17, 15) is 8.42 Å². The molecule has 1 aromatic carbocycles. The van der Waals surface area contributed by atoms with E-state index < -0.39 is 10.0 Å². The largest absolute Gasteiger partial charge is 0.329 e. The van der Waals surface area contributed by atoms with Crippen molar-refractivity contribution >= 4 is 22.4 Å². The van der Waals surface area contributed by atoms with E-state index in [2.05, 4.69) is 0 Å². The van der Waals surface area contributed by atoms with Gasteiger partial charge in [0.2, 0.25) is 10.0 Å². The molecule has 0 aliphatic carbocycles. The van der Waals surface area contributed by atoms with Crippen molar-refractivity contribution in [1.29, 1.82) is 0 Å². The fraction of sp³-hybridized carbons (Fsp3) is 0.538. The zero-order valence-electron chi connectivity index (χ0n) is 11.3. The fourth-order valence-corrected chi connectivity index (χ4v) is 3.35. The molecule has 1 aromatic rings.